The van der Waals surface area contributed by atoms with Crippen LogP contribution in [-0.4, -0.2) is 13.2 Å². The van der Waals surface area contributed by atoms with Crippen molar-refractivity contribution in [2.45, 2.75) is 12.5 Å². The quantitative estimate of drug-likeness (QED) is 0.817. The van der Waals surface area contributed by atoms with E-state index in [1.165, 1.54) is 5.56 Å². The Labute approximate surface area is 140 Å². The molecule has 1 unspecified atom stereocenters. The van der Waals surface area contributed by atoms with Crippen molar-refractivity contribution in [3.63, 3.8) is 0 Å². The Balaban J connectivity index is 1.75. The Morgan fingerprint density at radius 1 is 1.19 bits per heavy atom. The maximum absolute atomic E-state index is 5.99. The van der Waals surface area contributed by atoms with E-state index in [1.54, 1.807) is 0 Å². The highest BCUT2D eigenvalue weighted by atomic mass is 79.9. The van der Waals surface area contributed by atoms with Crippen LogP contribution in [0, 0.1) is 0 Å². The van der Waals surface area contributed by atoms with Crippen molar-refractivity contribution in [3.05, 3.63) is 56.5 Å². The lowest BCUT2D eigenvalue weighted by molar-refractivity contribution is 0.246. The zero-order valence-corrected chi connectivity index (χ0v) is 14.5. The number of benzene rings is 2. The van der Waals surface area contributed by atoms with Gasteiger partial charge in [-0.1, -0.05) is 18.2 Å². The van der Waals surface area contributed by atoms with E-state index >= 15 is 0 Å². The van der Waals surface area contributed by atoms with Crippen LogP contribution in [0.15, 0.2) is 45.3 Å². The molecule has 2 N–H and O–H groups in total. The monoisotopic (exact) mass is 411 g/mol. The Morgan fingerprint density at radius 2 is 1.90 bits per heavy atom. The van der Waals surface area contributed by atoms with Gasteiger partial charge in [-0.2, -0.15) is 0 Å². The van der Waals surface area contributed by atoms with Crippen LogP contribution in [0.1, 0.15) is 17.0 Å². The molecule has 0 saturated heterocycles. The molecule has 1 aliphatic rings. The van der Waals surface area contributed by atoms with Gasteiger partial charge < -0.3 is 15.2 Å². The van der Waals surface area contributed by atoms with E-state index < -0.39 is 0 Å². The lowest BCUT2D eigenvalue weighted by Gasteiger charge is -2.15. The highest BCUT2D eigenvalue weighted by Crippen LogP contribution is 2.38. The molecule has 0 spiro atoms. The molecule has 0 aliphatic carbocycles. The minimum atomic E-state index is 0.259. The predicted molar refractivity (Wildman–Crippen MR) is 89.9 cm³/mol. The van der Waals surface area contributed by atoms with E-state index in [2.05, 4.69) is 37.9 Å². The van der Waals surface area contributed by atoms with Crippen LogP contribution < -0.4 is 15.2 Å². The number of fused-ring (bicyclic) bond motifs is 1. The number of ether oxygens (including phenoxy) is 2. The third-order valence-electron chi connectivity index (χ3n) is 3.52. The fourth-order valence-corrected chi connectivity index (χ4v) is 3.93. The SMILES string of the molecule is NCc1cc(Br)c(OCC2COc3ccccc32)c(Br)c1. The first-order valence-corrected chi connectivity index (χ1v) is 8.30. The van der Waals surface area contributed by atoms with Gasteiger partial charge >= 0.3 is 0 Å². The summed E-state index contributed by atoms with van der Waals surface area (Å²) in [5.74, 6) is 2.02. The minimum Gasteiger partial charge on any atom is -0.493 e. The van der Waals surface area contributed by atoms with Gasteiger partial charge in [0, 0.05) is 12.1 Å². The van der Waals surface area contributed by atoms with Gasteiger partial charge in [-0.15, -0.1) is 0 Å². The minimum absolute atomic E-state index is 0.259. The summed E-state index contributed by atoms with van der Waals surface area (Å²) >= 11 is 7.08. The van der Waals surface area contributed by atoms with Crippen LogP contribution in [0.4, 0.5) is 0 Å². The van der Waals surface area contributed by atoms with E-state index in [1.807, 2.05) is 30.3 Å². The number of nitrogens with two attached hydrogens (primary N) is 1. The molecule has 0 bridgehead atoms. The van der Waals surface area contributed by atoms with Crippen molar-refractivity contribution in [1.82, 2.24) is 0 Å². The Kier molecular flexibility index (Phi) is 4.52. The molecule has 110 valence electrons. The van der Waals surface area contributed by atoms with Crippen LogP contribution in [-0.2, 0) is 6.54 Å². The fraction of sp³-hybridized carbons (Fsp3) is 0.250. The zero-order valence-electron chi connectivity index (χ0n) is 11.3. The zero-order chi connectivity index (χ0) is 14.8. The number of rotatable bonds is 4. The normalized spacial score (nSPS) is 16.4. The van der Waals surface area contributed by atoms with Crippen LogP contribution in [0.2, 0.25) is 0 Å². The lowest BCUT2D eigenvalue weighted by Crippen LogP contribution is -2.12. The lowest BCUT2D eigenvalue weighted by atomic mass is 10.0. The van der Waals surface area contributed by atoms with Crippen LogP contribution >= 0.6 is 31.9 Å². The van der Waals surface area contributed by atoms with Crippen LogP contribution in [0.25, 0.3) is 0 Å². The van der Waals surface area contributed by atoms with Crippen molar-refractivity contribution >= 4 is 31.9 Å². The molecule has 5 heteroatoms. The molecule has 3 nitrogen and oxygen atoms in total. The first-order valence-electron chi connectivity index (χ1n) is 6.71. The van der Waals surface area contributed by atoms with Crippen molar-refractivity contribution < 1.29 is 9.47 Å². The van der Waals surface area contributed by atoms with Gasteiger partial charge in [0.25, 0.3) is 0 Å². The van der Waals surface area contributed by atoms with E-state index in [0.717, 1.165) is 26.0 Å². The first-order chi connectivity index (χ1) is 10.2. The molecule has 0 radical (unpaired) electrons. The fourth-order valence-electron chi connectivity index (χ4n) is 2.42. The standard InChI is InChI=1S/C16H15Br2NO2/c17-13-5-10(7-19)6-14(18)16(13)21-9-11-8-20-15-4-2-1-3-12(11)15/h1-6,11H,7-9,19H2. The first kappa shape index (κ1) is 14.9. The molecule has 21 heavy (non-hydrogen) atoms. The van der Waals surface area contributed by atoms with E-state index in [0.29, 0.717) is 19.8 Å². The van der Waals surface area contributed by atoms with Crippen LogP contribution in [0.3, 0.4) is 0 Å². The molecular weight excluding hydrogens is 398 g/mol. The summed E-state index contributed by atoms with van der Waals surface area (Å²) in [5.41, 5.74) is 7.93. The second-order valence-corrected chi connectivity index (χ2v) is 6.66. The smallest absolute Gasteiger partial charge is 0.147 e. The van der Waals surface area contributed by atoms with Crippen molar-refractivity contribution in [3.8, 4) is 11.5 Å². The summed E-state index contributed by atoms with van der Waals surface area (Å²) in [4.78, 5) is 0. The molecule has 1 aliphatic heterocycles. The summed E-state index contributed by atoms with van der Waals surface area (Å²) in [6.07, 6.45) is 0. The number of para-hydroxylation sites is 1. The molecule has 3 rings (SSSR count). The van der Waals surface area contributed by atoms with Gasteiger partial charge in [0.05, 0.1) is 28.1 Å². The van der Waals surface area contributed by atoms with Crippen molar-refractivity contribution in [2.75, 3.05) is 13.2 Å². The van der Waals surface area contributed by atoms with E-state index in [9.17, 15) is 0 Å². The summed E-state index contributed by atoms with van der Waals surface area (Å²) in [5, 5.41) is 0. The molecule has 2 aromatic carbocycles. The molecule has 2 aromatic rings. The van der Waals surface area contributed by atoms with Gasteiger partial charge in [0.15, 0.2) is 0 Å². The Bertz CT molecular complexity index is 637. The summed E-state index contributed by atoms with van der Waals surface area (Å²) in [6.45, 7) is 1.74. The Morgan fingerprint density at radius 3 is 2.62 bits per heavy atom. The molecule has 1 heterocycles. The maximum Gasteiger partial charge on any atom is 0.147 e. The highest BCUT2D eigenvalue weighted by Gasteiger charge is 2.24. The number of halogens is 2. The summed E-state index contributed by atoms with van der Waals surface area (Å²) in [7, 11) is 0. The van der Waals surface area contributed by atoms with E-state index in [-0.39, 0.29) is 5.92 Å². The topological polar surface area (TPSA) is 44.5 Å². The molecule has 0 saturated carbocycles. The molecule has 1 atom stereocenters. The summed E-state index contributed by atoms with van der Waals surface area (Å²) in [6, 6.07) is 12.1. The van der Waals surface area contributed by atoms with E-state index in [4.69, 9.17) is 15.2 Å². The maximum atomic E-state index is 5.99. The second kappa shape index (κ2) is 6.38. The third-order valence-corrected chi connectivity index (χ3v) is 4.70. The largest absolute Gasteiger partial charge is 0.493 e. The molecular formula is C16H15Br2NO2. The van der Waals surface area contributed by atoms with Gasteiger partial charge in [-0.05, 0) is 55.6 Å². The van der Waals surface area contributed by atoms with Gasteiger partial charge in [-0.3, -0.25) is 0 Å². The van der Waals surface area contributed by atoms with Crippen molar-refractivity contribution in [2.24, 2.45) is 5.73 Å². The van der Waals surface area contributed by atoms with Gasteiger partial charge in [0.2, 0.25) is 0 Å². The molecule has 0 fully saturated rings. The second-order valence-electron chi connectivity index (χ2n) is 4.95. The predicted octanol–water partition coefficient (Wildman–Crippen LogP) is 4.23. The molecule has 0 aromatic heterocycles. The average Bonchev–Trinajstić information content (AvgIpc) is 2.89. The third kappa shape index (κ3) is 3.10. The molecule has 0 amide bonds. The van der Waals surface area contributed by atoms with Crippen molar-refractivity contribution in [1.29, 1.82) is 0 Å². The number of hydrogen-bond donors (Lipinski definition) is 1. The van der Waals surface area contributed by atoms with Crippen LogP contribution in [0.5, 0.6) is 11.5 Å². The van der Waals surface area contributed by atoms with Gasteiger partial charge in [-0.25, -0.2) is 0 Å². The Hall–Kier alpha value is -1.04. The number of hydrogen-bond acceptors (Lipinski definition) is 3. The summed E-state index contributed by atoms with van der Waals surface area (Å²) < 4.78 is 13.5. The highest BCUT2D eigenvalue weighted by molar-refractivity contribution is 9.11. The average molecular weight is 413 g/mol. The van der Waals surface area contributed by atoms with Gasteiger partial charge in [0.1, 0.15) is 11.5 Å².